The lowest BCUT2D eigenvalue weighted by Gasteiger charge is -2.37. The highest BCUT2D eigenvalue weighted by molar-refractivity contribution is 7.80. The zero-order valence-corrected chi connectivity index (χ0v) is 26.0. The van der Waals surface area contributed by atoms with Crippen molar-refractivity contribution in [3.63, 3.8) is 0 Å². The van der Waals surface area contributed by atoms with E-state index in [0.717, 1.165) is 71.0 Å². The maximum Gasteiger partial charge on any atom is 0.342 e. The number of rotatable bonds is 10. The maximum atomic E-state index is 17.5. The van der Waals surface area contributed by atoms with Gasteiger partial charge >= 0.3 is 5.92 Å². The number of allylic oxidation sites excluding steroid dienone is 2. The van der Waals surface area contributed by atoms with E-state index >= 15 is 26.3 Å². The molecule has 2 aromatic carbocycles. The maximum absolute atomic E-state index is 17.5. The van der Waals surface area contributed by atoms with Gasteiger partial charge < -0.3 is 0 Å². The van der Waals surface area contributed by atoms with E-state index in [0.29, 0.717) is 22.2 Å². The lowest BCUT2D eigenvalue weighted by molar-refractivity contribution is -0.171. The van der Waals surface area contributed by atoms with E-state index in [9.17, 15) is 0 Å². The zero-order chi connectivity index (χ0) is 29.7. The second-order valence-electron chi connectivity index (χ2n) is 10.6. The molecule has 2 atom stereocenters. The molecule has 2 aromatic heterocycles. The standard InChI is InChI=1S/C31H30F6S4/c1-17-25(21-11-9-19(7-3-5-13-38)15-23(21)40-17)29(34)27(32)28(33)31(36,37)30(29,35)26-18(2)41-24-16-20(8-4-6-14-39)10-12-22(24)26/h9-12,15-16,38-39H,3-8,13-14H2,1-2H3. The highest BCUT2D eigenvalue weighted by Gasteiger charge is 2.81. The van der Waals surface area contributed by atoms with E-state index in [1.807, 2.05) is 0 Å². The fourth-order valence-corrected chi connectivity index (χ4v) is 8.79. The van der Waals surface area contributed by atoms with Crippen LogP contribution in [0.4, 0.5) is 26.3 Å². The molecule has 0 amide bonds. The Hall–Kier alpha value is -1.62. The number of halogens is 6. The Morgan fingerprint density at radius 3 is 1.61 bits per heavy atom. The molecule has 10 heteroatoms. The van der Waals surface area contributed by atoms with Crippen LogP contribution in [-0.4, -0.2) is 17.4 Å². The van der Waals surface area contributed by atoms with Crippen LogP contribution < -0.4 is 0 Å². The molecule has 0 aliphatic heterocycles. The van der Waals surface area contributed by atoms with Gasteiger partial charge in [-0.1, -0.05) is 24.3 Å². The van der Waals surface area contributed by atoms with E-state index in [-0.39, 0.29) is 20.5 Å². The number of thiol groups is 2. The molecule has 4 aromatic rings. The second-order valence-corrected chi connectivity index (χ2v) is 14.0. The van der Waals surface area contributed by atoms with Crippen LogP contribution in [0.5, 0.6) is 0 Å². The fraction of sp³-hybridized carbons (Fsp3) is 0.419. The number of aryl methyl sites for hydroxylation is 4. The fourth-order valence-electron chi connectivity index (χ4n) is 5.99. The van der Waals surface area contributed by atoms with Crippen molar-refractivity contribution in [3.05, 3.63) is 80.1 Å². The number of hydrogen-bond donors (Lipinski definition) is 2. The van der Waals surface area contributed by atoms with Crippen molar-refractivity contribution in [1.82, 2.24) is 0 Å². The molecule has 5 rings (SSSR count). The third-order valence-electron chi connectivity index (χ3n) is 7.98. The molecule has 0 spiro atoms. The summed E-state index contributed by atoms with van der Waals surface area (Å²) >= 11 is 10.5. The van der Waals surface area contributed by atoms with Crippen molar-refractivity contribution in [2.24, 2.45) is 0 Å². The van der Waals surface area contributed by atoms with Crippen molar-refractivity contribution in [3.8, 4) is 0 Å². The smallest absolute Gasteiger partial charge is 0.227 e. The molecule has 1 aliphatic rings. The zero-order valence-electron chi connectivity index (χ0n) is 22.6. The highest BCUT2D eigenvalue weighted by atomic mass is 32.1. The van der Waals surface area contributed by atoms with Crippen molar-refractivity contribution in [1.29, 1.82) is 0 Å². The Bertz CT molecular complexity index is 1640. The number of benzene rings is 2. The van der Waals surface area contributed by atoms with E-state index in [1.54, 1.807) is 24.3 Å². The molecule has 0 radical (unpaired) electrons. The topological polar surface area (TPSA) is 0 Å². The van der Waals surface area contributed by atoms with E-state index < -0.39 is 40.0 Å². The summed E-state index contributed by atoms with van der Waals surface area (Å²) in [5, 5.41) is 0.125. The first-order valence-corrected chi connectivity index (χ1v) is 16.4. The summed E-state index contributed by atoms with van der Waals surface area (Å²) in [6.07, 6.45) is 4.91. The Labute approximate surface area is 254 Å². The van der Waals surface area contributed by atoms with Crippen LogP contribution in [0.1, 0.15) is 57.7 Å². The average molecular weight is 645 g/mol. The minimum Gasteiger partial charge on any atom is -0.227 e. The van der Waals surface area contributed by atoms with Gasteiger partial charge in [-0.05, 0) is 97.9 Å². The monoisotopic (exact) mass is 644 g/mol. The predicted octanol–water partition coefficient (Wildman–Crippen LogP) is 11.1. The van der Waals surface area contributed by atoms with E-state index in [2.05, 4.69) is 25.3 Å². The molecule has 0 N–H and O–H groups in total. The summed E-state index contributed by atoms with van der Waals surface area (Å²) in [4.78, 5) is 0.157. The van der Waals surface area contributed by atoms with Crippen molar-refractivity contribution in [2.75, 3.05) is 11.5 Å². The van der Waals surface area contributed by atoms with Gasteiger partial charge in [-0.3, -0.25) is 0 Å². The predicted molar refractivity (Wildman–Crippen MR) is 166 cm³/mol. The van der Waals surface area contributed by atoms with Crippen LogP contribution in [-0.2, 0) is 24.2 Å². The van der Waals surface area contributed by atoms with Gasteiger partial charge in [0, 0.05) is 30.3 Å². The highest BCUT2D eigenvalue weighted by Crippen LogP contribution is 2.70. The Morgan fingerprint density at radius 2 is 1.12 bits per heavy atom. The third kappa shape index (κ3) is 4.66. The molecule has 41 heavy (non-hydrogen) atoms. The molecule has 0 saturated heterocycles. The molecule has 0 fully saturated rings. The van der Waals surface area contributed by atoms with Gasteiger partial charge in [-0.2, -0.15) is 34.0 Å². The van der Waals surface area contributed by atoms with Crippen molar-refractivity contribution < 1.29 is 26.3 Å². The summed E-state index contributed by atoms with van der Waals surface area (Å²) in [7, 11) is 0. The lowest BCUT2D eigenvalue weighted by atomic mass is 9.74. The summed E-state index contributed by atoms with van der Waals surface area (Å²) in [6.45, 7) is 2.82. The van der Waals surface area contributed by atoms with Crippen molar-refractivity contribution in [2.45, 2.75) is 69.6 Å². The third-order valence-corrected chi connectivity index (χ3v) is 10.7. The lowest BCUT2D eigenvalue weighted by Crippen LogP contribution is -2.51. The number of hydrogen-bond acceptors (Lipinski definition) is 4. The molecular formula is C31H30F6S4. The summed E-state index contributed by atoms with van der Waals surface area (Å²) in [5.74, 6) is -8.74. The van der Waals surface area contributed by atoms with Gasteiger partial charge in [0.05, 0.1) is 0 Å². The Balaban J connectivity index is 1.71. The van der Waals surface area contributed by atoms with Gasteiger partial charge in [0.25, 0.3) is 5.67 Å². The van der Waals surface area contributed by atoms with Crippen molar-refractivity contribution >= 4 is 68.1 Å². The van der Waals surface area contributed by atoms with Crippen LogP contribution in [0, 0.1) is 13.8 Å². The first-order chi connectivity index (χ1) is 19.4. The number of alkyl halides is 4. The normalized spacial score (nSPS) is 22.5. The first-order valence-electron chi connectivity index (χ1n) is 13.5. The van der Waals surface area contributed by atoms with Crippen LogP contribution in [0.2, 0.25) is 0 Å². The van der Waals surface area contributed by atoms with Crippen LogP contribution in [0.3, 0.4) is 0 Å². The SMILES string of the molecule is Cc1sc2cc(CCCCS)ccc2c1C1(F)C(F)=C(F)C(F)(F)C1(F)c1c(C)sc2cc(CCCCS)ccc12. The Kier molecular flexibility index (Phi) is 8.62. The first kappa shape index (κ1) is 30.8. The van der Waals surface area contributed by atoms with E-state index in [4.69, 9.17) is 0 Å². The Morgan fingerprint density at radius 1 is 0.659 bits per heavy atom. The van der Waals surface area contributed by atoms with E-state index in [1.165, 1.54) is 26.0 Å². The molecule has 2 heterocycles. The minimum atomic E-state index is -5.08. The second kappa shape index (κ2) is 11.5. The van der Waals surface area contributed by atoms with Crippen LogP contribution in [0.25, 0.3) is 20.2 Å². The number of thiophene rings is 2. The largest absolute Gasteiger partial charge is 0.342 e. The molecule has 0 bridgehead atoms. The van der Waals surface area contributed by atoms with Gasteiger partial charge in [0.15, 0.2) is 5.83 Å². The molecule has 220 valence electrons. The molecule has 0 saturated carbocycles. The number of unbranched alkanes of at least 4 members (excludes halogenated alkanes) is 2. The summed E-state index contributed by atoms with van der Waals surface area (Å²) < 4.78 is 98.1. The molecule has 2 unspecified atom stereocenters. The number of fused-ring (bicyclic) bond motifs is 2. The summed E-state index contributed by atoms with van der Waals surface area (Å²) in [6, 6.07) is 9.88. The van der Waals surface area contributed by atoms with Crippen LogP contribution in [0.15, 0.2) is 48.1 Å². The average Bonchev–Trinajstić information content (AvgIpc) is 3.48. The molecule has 0 nitrogen and oxygen atoms in total. The minimum absolute atomic E-state index is 0.0285. The van der Waals surface area contributed by atoms with Gasteiger partial charge in [-0.15, -0.1) is 22.7 Å². The van der Waals surface area contributed by atoms with Gasteiger partial charge in [0.1, 0.15) is 0 Å². The van der Waals surface area contributed by atoms with Crippen LogP contribution >= 0.6 is 47.9 Å². The van der Waals surface area contributed by atoms with Gasteiger partial charge in [0.2, 0.25) is 11.5 Å². The summed E-state index contributed by atoms with van der Waals surface area (Å²) in [5.41, 5.74) is -7.90. The van der Waals surface area contributed by atoms with Gasteiger partial charge in [-0.25, -0.2) is 17.6 Å². The molecule has 1 aliphatic carbocycles. The quantitative estimate of drug-likeness (QED) is 0.0958. The molecular weight excluding hydrogens is 615 g/mol.